The van der Waals surface area contributed by atoms with Gasteiger partial charge in [0.15, 0.2) is 0 Å². The van der Waals surface area contributed by atoms with Gasteiger partial charge in [-0.15, -0.1) is 0 Å². The molecule has 0 atom stereocenters. The second kappa shape index (κ2) is 14.8. The fraction of sp³-hybridized carbons (Fsp3) is 0.0800. The van der Waals surface area contributed by atoms with Crippen LogP contribution >= 0.6 is 0 Å². The fourth-order valence-corrected chi connectivity index (χ4v) is 7.14. The highest BCUT2D eigenvalue weighted by Crippen LogP contribution is 2.38. The average molecular weight is 671 g/mol. The van der Waals surface area contributed by atoms with Gasteiger partial charge in [0, 0.05) is 35.5 Å². The van der Waals surface area contributed by atoms with Crippen LogP contribution in [0.25, 0.3) is 39.0 Å². The molecule has 0 radical (unpaired) electrons. The maximum atomic E-state index is 2.34. The minimum atomic E-state index is 1.11. The monoisotopic (exact) mass is 670 g/mol. The summed E-state index contributed by atoms with van der Waals surface area (Å²) in [5.41, 5.74) is 16.8. The number of anilines is 5. The van der Waals surface area contributed by atoms with Crippen molar-refractivity contribution in [3.8, 4) is 33.4 Å². The summed E-state index contributed by atoms with van der Waals surface area (Å²) < 4.78 is 0. The van der Waals surface area contributed by atoms with Crippen LogP contribution < -0.4 is 9.80 Å². The van der Waals surface area contributed by atoms with Crippen molar-refractivity contribution in [3.05, 3.63) is 205 Å². The highest BCUT2D eigenvalue weighted by atomic mass is 15.1. The summed E-state index contributed by atoms with van der Waals surface area (Å²) >= 11 is 0. The standard InChI is InChI=1S/C50H42N2/c1-37-36-49(51(2)45-26-18-41(19-27-45)38-12-6-3-7-13-38)34-35-50(37)44-24-32-48(33-25-44)52(46-28-20-42(21-29-46)39-14-8-4-9-15-39)47-30-22-43(23-31-47)40-16-10-5-11-17-40/h4-6,8-36H,3,7H2,1-2H3. The third-order valence-electron chi connectivity index (χ3n) is 10.1. The molecule has 0 saturated heterocycles. The lowest BCUT2D eigenvalue weighted by molar-refractivity contribution is 1.04. The number of hydrogen-bond donors (Lipinski definition) is 0. The molecular formula is C50H42N2. The Kier molecular flexibility index (Phi) is 9.37. The quantitative estimate of drug-likeness (QED) is 0.151. The van der Waals surface area contributed by atoms with E-state index in [0.717, 1.165) is 29.9 Å². The first-order valence-electron chi connectivity index (χ1n) is 18.1. The zero-order valence-corrected chi connectivity index (χ0v) is 29.8. The van der Waals surface area contributed by atoms with Gasteiger partial charge in [0.2, 0.25) is 0 Å². The molecule has 0 saturated carbocycles. The first-order valence-corrected chi connectivity index (χ1v) is 18.1. The third-order valence-corrected chi connectivity index (χ3v) is 10.1. The van der Waals surface area contributed by atoms with Gasteiger partial charge in [-0.05, 0) is 131 Å². The summed E-state index contributed by atoms with van der Waals surface area (Å²) in [6, 6.07) is 63.5. The third kappa shape index (κ3) is 6.97. The Morgan fingerprint density at radius 2 is 0.846 bits per heavy atom. The van der Waals surface area contributed by atoms with Crippen LogP contribution in [0.2, 0.25) is 0 Å². The van der Waals surface area contributed by atoms with E-state index < -0.39 is 0 Å². The van der Waals surface area contributed by atoms with Crippen molar-refractivity contribution >= 4 is 34.0 Å². The average Bonchev–Trinajstić information content (AvgIpc) is 3.22. The summed E-state index contributed by atoms with van der Waals surface area (Å²) in [5.74, 6) is 0. The second-order valence-corrected chi connectivity index (χ2v) is 13.5. The van der Waals surface area contributed by atoms with Crippen molar-refractivity contribution < 1.29 is 0 Å². The molecule has 0 amide bonds. The van der Waals surface area contributed by atoms with Crippen LogP contribution in [0, 0.1) is 6.92 Å². The minimum Gasteiger partial charge on any atom is -0.345 e. The van der Waals surface area contributed by atoms with E-state index in [-0.39, 0.29) is 0 Å². The van der Waals surface area contributed by atoms with Crippen LogP contribution in [0.4, 0.5) is 28.4 Å². The van der Waals surface area contributed by atoms with Crippen LogP contribution in [0.5, 0.6) is 0 Å². The van der Waals surface area contributed by atoms with E-state index >= 15 is 0 Å². The lowest BCUT2D eigenvalue weighted by Gasteiger charge is -2.26. The van der Waals surface area contributed by atoms with Crippen molar-refractivity contribution in [1.82, 2.24) is 0 Å². The molecule has 52 heavy (non-hydrogen) atoms. The lowest BCUT2D eigenvalue weighted by Crippen LogP contribution is -2.10. The van der Waals surface area contributed by atoms with Crippen molar-refractivity contribution in [3.63, 3.8) is 0 Å². The van der Waals surface area contributed by atoms with Gasteiger partial charge in [-0.25, -0.2) is 0 Å². The summed E-state index contributed by atoms with van der Waals surface area (Å²) in [4.78, 5) is 4.60. The van der Waals surface area contributed by atoms with E-state index in [1.54, 1.807) is 0 Å². The normalized spacial score (nSPS) is 12.3. The molecule has 1 aliphatic rings. The lowest BCUT2D eigenvalue weighted by atomic mass is 9.98. The van der Waals surface area contributed by atoms with Gasteiger partial charge >= 0.3 is 0 Å². The molecule has 252 valence electrons. The first-order chi connectivity index (χ1) is 25.6. The largest absolute Gasteiger partial charge is 0.345 e. The van der Waals surface area contributed by atoms with Crippen LogP contribution in [0.3, 0.4) is 0 Å². The Morgan fingerprint density at radius 1 is 0.404 bits per heavy atom. The summed E-state index contributed by atoms with van der Waals surface area (Å²) in [7, 11) is 2.14. The predicted molar refractivity (Wildman–Crippen MR) is 223 cm³/mol. The Bertz CT molecular complexity index is 2230. The number of rotatable bonds is 9. The number of allylic oxidation sites excluding steroid dienone is 4. The molecule has 8 rings (SSSR count). The van der Waals surface area contributed by atoms with Crippen molar-refractivity contribution in [1.29, 1.82) is 0 Å². The highest BCUT2D eigenvalue weighted by Gasteiger charge is 2.15. The Balaban J connectivity index is 1.06. The molecule has 0 spiro atoms. The van der Waals surface area contributed by atoms with Gasteiger partial charge < -0.3 is 9.80 Å². The number of aryl methyl sites for hydroxylation is 1. The molecular weight excluding hydrogens is 629 g/mol. The second-order valence-electron chi connectivity index (χ2n) is 13.5. The molecule has 7 aromatic rings. The summed E-state index contributed by atoms with van der Waals surface area (Å²) in [6.07, 6.45) is 9.08. The van der Waals surface area contributed by atoms with E-state index in [2.05, 4.69) is 218 Å². The molecule has 0 heterocycles. The van der Waals surface area contributed by atoms with Crippen LogP contribution in [0.1, 0.15) is 24.0 Å². The van der Waals surface area contributed by atoms with Crippen molar-refractivity contribution in [2.75, 3.05) is 16.8 Å². The predicted octanol–water partition coefficient (Wildman–Crippen LogP) is 14.0. The Hall–Kier alpha value is -6.38. The van der Waals surface area contributed by atoms with Gasteiger partial charge in [-0.3, -0.25) is 0 Å². The molecule has 0 bridgehead atoms. The number of hydrogen-bond acceptors (Lipinski definition) is 2. The van der Waals surface area contributed by atoms with E-state index in [0.29, 0.717) is 0 Å². The van der Waals surface area contributed by atoms with E-state index in [9.17, 15) is 0 Å². The van der Waals surface area contributed by atoms with Gasteiger partial charge in [0.1, 0.15) is 0 Å². The van der Waals surface area contributed by atoms with Crippen LogP contribution in [-0.2, 0) is 0 Å². The molecule has 2 heteroatoms. The SMILES string of the molecule is Cc1cc(N(C)c2ccc(C3=CCCC=C3)cc2)ccc1-c1ccc(N(c2ccc(-c3ccccc3)cc2)c2ccc(-c3ccccc3)cc2)cc1. The Morgan fingerprint density at radius 3 is 1.33 bits per heavy atom. The number of benzene rings is 7. The summed E-state index contributed by atoms with van der Waals surface area (Å²) in [5, 5.41) is 0. The van der Waals surface area contributed by atoms with Gasteiger partial charge in [-0.1, -0.05) is 133 Å². The van der Waals surface area contributed by atoms with Crippen molar-refractivity contribution in [2.45, 2.75) is 19.8 Å². The number of nitrogens with zero attached hydrogens (tertiary/aromatic N) is 2. The van der Waals surface area contributed by atoms with E-state index in [1.165, 1.54) is 61.5 Å². The topological polar surface area (TPSA) is 6.48 Å². The molecule has 0 unspecified atom stereocenters. The van der Waals surface area contributed by atoms with Crippen molar-refractivity contribution in [2.24, 2.45) is 0 Å². The molecule has 0 N–H and O–H groups in total. The molecule has 1 aliphatic carbocycles. The zero-order chi connectivity index (χ0) is 35.3. The minimum absolute atomic E-state index is 1.11. The molecule has 7 aromatic carbocycles. The zero-order valence-electron chi connectivity index (χ0n) is 29.8. The fourth-order valence-electron chi connectivity index (χ4n) is 7.14. The van der Waals surface area contributed by atoms with Gasteiger partial charge in [0.25, 0.3) is 0 Å². The Labute approximate surface area is 308 Å². The molecule has 0 aromatic heterocycles. The van der Waals surface area contributed by atoms with Gasteiger partial charge in [0.05, 0.1) is 0 Å². The van der Waals surface area contributed by atoms with E-state index in [1.807, 2.05) is 0 Å². The molecule has 2 nitrogen and oxygen atoms in total. The highest BCUT2D eigenvalue weighted by molar-refractivity contribution is 5.82. The van der Waals surface area contributed by atoms with E-state index in [4.69, 9.17) is 0 Å². The smallest absolute Gasteiger partial charge is 0.0462 e. The molecule has 0 fully saturated rings. The van der Waals surface area contributed by atoms with Crippen LogP contribution in [0.15, 0.2) is 194 Å². The maximum absolute atomic E-state index is 2.34. The first kappa shape index (κ1) is 32.8. The maximum Gasteiger partial charge on any atom is 0.0462 e. The molecule has 0 aliphatic heterocycles. The van der Waals surface area contributed by atoms with Crippen LogP contribution in [-0.4, -0.2) is 7.05 Å². The summed E-state index contributed by atoms with van der Waals surface area (Å²) in [6.45, 7) is 2.21. The van der Waals surface area contributed by atoms with Gasteiger partial charge in [-0.2, -0.15) is 0 Å².